The molecule has 1 aromatic rings. The van der Waals surface area contributed by atoms with Crippen LogP contribution >= 0.6 is 0 Å². The minimum atomic E-state index is -0.511. The second-order valence-corrected chi connectivity index (χ2v) is 5.71. The van der Waals surface area contributed by atoms with Crippen molar-refractivity contribution in [1.29, 1.82) is 5.26 Å². The maximum Gasteiger partial charge on any atom is 0.287 e. The number of hydrogen-bond acceptors (Lipinski definition) is 4. The second-order valence-electron chi connectivity index (χ2n) is 5.71. The number of benzene rings is 1. The van der Waals surface area contributed by atoms with Crippen molar-refractivity contribution in [3.05, 3.63) is 39.4 Å². The van der Waals surface area contributed by atoms with Crippen LogP contribution in [-0.4, -0.2) is 17.5 Å². The molecule has 0 saturated carbocycles. The van der Waals surface area contributed by atoms with E-state index in [0.29, 0.717) is 12.0 Å². The van der Waals surface area contributed by atoms with Crippen LogP contribution in [0.25, 0.3) is 0 Å². The Morgan fingerprint density at radius 2 is 2.14 bits per heavy atom. The van der Waals surface area contributed by atoms with Crippen molar-refractivity contribution in [3.63, 3.8) is 0 Å². The van der Waals surface area contributed by atoms with Gasteiger partial charge in [-0.05, 0) is 43.4 Å². The van der Waals surface area contributed by atoms with Crippen LogP contribution < -0.4 is 5.32 Å². The van der Waals surface area contributed by atoms with E-state index in [1.54, 1.807) is 12.1 Å². The van der Waals surface area contributed by atoms with Crippen LogP contribution in [0.4, 0.5) is 5.69 Å². The van der Waals surface area contributed by atoms with Crippen molar-refractivity contribution >= 4 is 5.69 Å². The Morgan fingerprint density at radius 3 is 2.67 bits per heavy atom. The van der Waals surface area contributed by atoms with E-state index >= 15 is 0 Å². The van der Waals surface area contributed by atoms with Crippen molar-refractivity contribution in [2.75, 3.05) is 6.54 Å². The number of nitriles is 1. The summed E-state index contributed by atoms with van der Waals surface area (Å²) in [6, 6.07) is 7.06. The quantitative estimate of drug-likeness (QED) is 0.587. The summed E-state index contributed by atoms with van der Waals surface area (Å²) in [5, 5.41) is 23.4. The van der Waals surface area contributed by atoms with Crippen molar-refractivity contribution in [2.24, 2.45) is 5.92 Å². The monoisotopic (exact) mass is 289 g/mol. The number of nitro groups is 1. The van der Waals surface area contributed by atoms with E-state index in [9.17, 15) is 10.1 Å². The highest BCUT2D eigenvalue weighted by molar-refractivity contribution is 5.50. The lowest BCUT2D eigenvalue weighted by atomic mass is 9.96. The van der Waals surface area contributed by atoms with Gasteiger partial charge >= 0.3 is 0 Å². The molecule has 1 N–H and O–H groups in total. The summed E-state index contributed by atoms with van der Waals surface area (Å²) in [6.07, 6.45) is 2.89. The minimum absolute atomic E-state index is 0.122. The lowest BCUT2D eigenvalue weighted by molar-refractivity contribution is -0.385. The number of rotatable bonds is 8. The van der Waals surface area contributed by atoms with Crippen molar-refractivity contribution < 1.29 is 4.92 Å². The molecule has 1 atom stereocenters. The number of hydrogen-bond donors (Lipinski definition) is 1. The summed E-state index contributed by atoms with van der Waals surface area (Å²) in [4.78, 5) is 10.3. The smallest absolute Gasteiger partial charge is 0.287 e. The molecule has 1 unspecified atom stereocenters. The molecule has 114 valence electrons. The first-order chi connectivity index (χ1) is 9.97. The molecule has 21 heavy (non-hydrogen) atoms. The van der Waals surface area contributed by atoms with Gasteiger partial charge in [-0.2, -0.15) is 5.26 Å². The summed E-state index contributed by atoms with van der Waals surface area (Å²) in [5.41, 5.74) is 0.978. The predicted molar refractivity (Wildman–Crippen MR) is 83.1 cm³/mol. The summed E-state index contributed by atoms with van der Waals surface area (Å²) < 4.78 is 0. The molecule has 1 aromatic carbocycles. The van der Waals surface area contributed by atoms with Gasteiger partial charge in [0.15, 0.2) is 0 Å². The zero-order valence-corrected chi connectivity index (χ0v) is 12.9. The van der Waals surface area contributed by atoms with Gasteiger partial charge in [0.05, 0.1) is 4.92 Å². The first-order valence-electron chi connectivity index (χ1n) is 7.38. The van der Waals surface area contributed by atoms with Crippen LogP contribution in [0.1, 0.15) is 44.7 Å². The fourth-order valence-corrected chi connectivity index (χ4v) is 2.40. The Bertz CT molecular complexity index is 521. The first kappa shape index (κ1) is 17.1. The fourth-order valence-electron chi connectivity index (χ4n) is 2.40. The summed E-state index contributed by atoms with van der Waals surface area (Å²) in [6.45, 7) is 7.43. The zero-order valence-electron chi connectivity index (χ0n) is 12.9. The van der Waals surface area contributed by atoms with E-state index in [2.05, 4.69) is 26.1 Å². The summed E-state index contributed by atoms with van der Waals surface area (Å²) >= 11 is 0. The second kappa shape index (κ2) is 8.38. The van der Waals surface area contributed by atoms with Gasteiger partial charge in [-0.1, -0.05) is 26.8 Å². The van der Waals surface area contributed by atoms with Crippen LogP contribution in [0.5, 0.6) is 0 Å². The van der Waals surface area contributed by atoms with Crippen molar-refractivity contribution in [2.45, 2.75) is 46.1 Å². The average molecular weight is 289 g/mol. The van der Waals surface area contributed by atoms with Gasteiger partial charge < -0.3 is 5.32 Å². The molecular weight excluding hydrogens is 266 g/mol. The van der Waals surface area contributed by atoms with E-state index in [-0.39, 0.29) is 11.3 Å². The number of nitrogens with zero attached hydrogens (tertiary/aromatic N) is 2. The SMILES string of the molecule is CCCNC(Cc1ccc([N+](=O)[O-])c(C#N)c1)CC(C)C. The van der Waals surface area contributed by atoms with Crippen LogP contribution in [0.3, 0.4) is 0 Å². The molecule has 0 heterocycles. The molecule has 1 rings (SSSR count). The van der Waals surface area contributed by atoms with Gasteiger partial charge in [-0.15, -0.1) is 0 Å². The molecule has 0 bridgehead atoms. The Kier molecular flexibility index (Phi) is 6.83. The molecule has 0 saturated heterocycles. The van der Waals surface area contributed by atoms with E-state index < -0.39 is 4.92 Å². The Morgan fingerprint density at radius 1 is 1.43 bits per heavy atom. The maximum atomic E-state index is 10.8. The molecule has 0 aliphatic heterocycles. The van der Waals surface area contributed by atoms with Gasteiger partial charge in [-0.3, -0.25) is 10.1 Å². The molecule has 0 aliphatic rings. The Hall–Kier alpha value is -1.93. The molecule has 5 heteroatoms. The van der Waals surface area contributed by atoms with Gasteiger partial charge in [0.1, 0.15) is 11.6 Å². The zero-order chi connectivity index (χ0) is 15.8. The molecule has 0 amide bonds. The van der Waals surface area contributed by atoms with Crippen LogP contribution in [0.2, 0.25) is 0 Å². The van der Waals surface area contributed by atoms with Gasteiger partial charge in [-0.25, -0.2) is 0 Å². The van der Waals surface area contributed by atoms with E-state index in [4.69, 9.17) is 5.26 Å². The topological polar surface area (TPSA) is 79.0 Å². The highest BCUT2D eigenvalue weighted by Gasteiger charge is 2.16. The largest absolute Gasteiger partial charge is 0.314 e. The number of nitro benzene ring substituents is 1. The maximum absolute atomic E-state index is 10.8. The van der Waals surface area contributed by atoms with E-state index in [1.165, 1.54) is 6.07 Å². The number of nitrogens with one attached hydrogen (secondary N) is 1. The van der Waals surface area contributed by atoms with Crippen molar-refractivity contribution in [3.8, 4) is 6.07 Å². The normalized spacial score (nSPS) is 12.1. The van der Waals surface area contributed by atoms with E-state index in [1.807, 2.05) is 6.07 Å². The predicted octanol–water partition coefficient (Wildman–Crippen LogP) is 3.42. The molecule has 0 fully saturated rings. The highest BCUT2D eigenvalue weighted by Crippen LogP contribution is 2.21. The van der Waals surface area contributed by atoms with Gasteiger partial charge in [0, 0.05) is 12.1 Å². The molecule has 0 aromatic heterocycles. The molecular formula is C16H23N3O2. The molecule has 0 aliphatic carbocycles. The van der Waals surface area contributed by atoms with Crippen LogP contribution in [0.15, 0.2) is 18.2 Å². The van der Waals surface area contributed by atoms with Gasteiger partial charge in [0.25, 0.3) is 5.69 Å². The highest BCUT2D eigenvalue weighted by atomic mass is 16.6. The Balaban J connectivity index is 2.88. The third kappa shape index (κ3) is 5.52. The summed E-state index contributed by atoms with van der Waals surface area (Å²) in [5.74, 6) is 0.577. The lowest BCUT2D eigenvalue weighted by Crippen LogP contribution is -2.33. The lowest BCUT2D eigenvalue weighted by Gasteiger charge is -2.20. The van der Waals surface area contributed by atoms with Crippen LogP contribution in [0, 0.1) is 27.4 Å². The average Bonchev–Trinajstić information content (AvgIpc) is 2.43. The standard InChI is InChI=1S/C16H23N3O2/c1-4-7-18-15(8-12(2)3)10-13-5-6-16(19(20)21)14(9-13)11-17/h5-6,9,12,15,18H,4,7-8,10H2,1-3H3. The van der Waals surface area contributed by atoms with Crippen LogP contribution in [-0.2, 0) is 6.42 Å². The van der Waals surface area contributed by atoms with Crippen molar-refractivity contribution in [1.82, 2.24) is 5.32 Å². The Labute approximate surface area is 126 Å². The molecule has 0 radical (unpaired) electrons. The molecule has 5 nitrogen and oxygen atoms in total. The first-order valence-corrected chi connectivity index (χ1v) is 7.38. The van der Waals surface area contributed by atoms with E-state index in [0.717, 1.165) is 31.4 Å². The molecule has 0 spiro atoms. The minimum Gasteiger partial charge on any atom is -0.314 e. The summed E-state index contributed by atoms with van der Waals surface area (Å²) in [7, 11) is 0. The third-order valence-corrected chi connectivity index (χ3v) is 3.30. The third-order valence-electron chi connectivity index (χ3n) is 3.30. The van der Waals surface area contributed by atoms with Gasteiger partial charge in [0.2, 0.25) is 0 Å². The fraction of sp³-hybridized carbons (Fsp3) is 0.562.